The standard InChI is InChI=1S/C14H20N2O2S/c17-14(11-3-7-18-8-4-11)16-6-1-2-12(10-16)13-15-5-9-19-13/h5,9,11-12H,1-4,6-8,10H2/t12-/m0/s1. The molecule has 0 unspecified atom stereocenters. The Labute approximate surface area is 117 Å². The molecule has 0 radical (unpaired) electrons. The zero-order valence-electron chi connectivity index (χ0n) is 11.1. The van der Waals surface area contributed by atoms with Gasteiger partial charge >= 0.3 is 0 Å². The number of piperidine rings is 1. The SMILES string of the molecule is O=C(C1CCOCC1)N1CCC[C@H](c2nccs2)C1. The van der Waals surface area contributed by atoms with Crippen LogP contribution in [0.4, 0.5) is 0 Å². The molecule has 2 aliphatic rings. The van der Waals surface area contributed by atoms with Crippen molar-refractivity contribution in [3.05, 3.63) is 16.6 Å². The van der Waals surface area contributed by atoms with Crippen molar-refractivity contribution in [2.75, 3.05) is 26.3 Å². The maximum atomic E-state index is 12.5. The fraction of sp³-hybridized carbons (Fsp3) is 0.714. The third-order valence-corrected chi connectivity index (χ3v) is 5.04. The summed E-state index contributed by atoms with van der Waals surface area (Å²) in [5, 5.41) is 3.21. The van der Waals surface area contributed by atoms with Gasteiger partial charge in [-0.2, -0.15) is 0 Å². The molecule has 0 bridgehead atoms. The van der Waals surface area contributed by atoms with Crippen LogP contribution in [0, 0.1) is 5.92 Å². The van der Waals surface area contributed by atoms with E-state index in [1.54, 1.807) is 11.3 Å². The van der Waals surface area contributed by atoms with Gasteiger partial charge in [0.2, 0.25) is 5.91 Å². The van der Waals surface area contributed by atoms with Gasteiger partial charge in [-0.15, -0.1) is 11.3 Å². The van der Waals surface area contributed by atoms with Gasteiger partial charge in [0.15, 0.2) is 0 Å². The number of aromatic nitrogens is 1. The fourth-order valence-electron chi connectivity index (χ4n) is 3.02. The van der Waals surface area contributed by atoms with Gasteiger partial charge in [0.25, 0.3) is 0 Å². The van der Waals surface area contributed by atoms with Crippen molar-refractivity contribution in [2.45, 2.75) is 31.6 Å². The predicted molar refractivity (Wildman–Crippen MR) is 74.2 cm³/mol. The number of ether oxygens (including phenoxy) is 1. The molecule has 0 N–H and O–H groups in total. The van der Waals surface area contributed by atoms with Gasteiger partial charge < -0.3 is 9.64 Å². The lowest BCUT2D eigenvalue weighted by Crippen LogP contribution is -2.43. The zero-order valence-corrected chi connectivity index (χ0v) is 11.9. The Kier molecular flexibility index (Phi) is 4.13. The summed E-state index contributed by atoms with van der Waals surface area (Å²) in [5.41, 5.74) is 0. The molecule has 2 fully saturated rings. The molecule has 0 aliphatic carbocycles. The van der Waals surface area contributed by atoms with Gasteiger partial charge in [-0.1, -0.05) is 0 Å². The van der Waals surface area contributed by atoms with E-state index in [4.69, 9.17) is 4.74 Å². The van der Waals surface area contributed by atoms with Gasteiger partial charge in [-0.25, -0.2) is 4.98 Å². The molecule has 1 aromatic rings. The predicted octanol–water partition coefficient (Wildman–Crippen LogP) is 2.28. The number of hydrogen-bond acceptors (Lipinski definition) is 4. The Morgan fingerprint density at radius 1 is 1.37 bits per heavy atom. The second-order valence-electron chi connectivity index (χ2n) is 5.38. The Morgan fingerprint density at radius 3 is 2.95 bits per heavy atom. The van der Waals surface area contributed by atoms with Gasteiger partial charge in [-0.05, 0) is 25.7 Å². The van der Waals surface area contributed by atoms with Crippen LogP contribution in [0.3, 0.4) is 0 Å². The quantitative estimate of drug-likeness (QED) is 0.834. The Morgan fingerprint density at radius 2 is 2.21 bits per heavy atom. The fourth-order valence-corrected chi connectivity index (χ4v) is 3.79. The summed E-state index contributed by atoms with van der Waals surface area (Å²) in [6.45, 7) is 3.24. The topological polar surface area (TPSA) is 42.4 Å². The van der Waals surface area contributed by atoms with Crippen LogP contribution in [0.25, 0.3) is 0 Å². The lowest BCUT2D eigenvalue weighted by atomic mass is 9.94. The summed E-state index contributed by atoms with van der Waals surface area (Å²) in [5.74, 6) is 0.964. The van der Waals surface area contributed by atoms with E-state index in [1.807, 2.05) is 11.6 Å². The van der Waals surface area contributed by atoms with E-state index in [2.05, 4.69) is 9.88 Å². The zero-order chi connectivity index (χ0) is 13.1. The van der Waals surface area contributed by atoms with Crippen LogP contribution in [0.15, 0.2) is 11.6 Å². The summed E-state index contributed by atoms with van der Waals surface area (Å²) >= 11 is 1.71. The van der Waals surface area contributed by atoms with Crippen molar-refractivity contribution in [1.29, 1.82) is 0 Å². The number of rotatable bonds is 2. The molecule has 19 heavy (non-hydrogen) atoms. The third kappa shape index (κ3) is 2.98. The van der Waals surface area contributed by atoms with E-state index >= 15 is 0 Å². The number of carbonyl (C=O) groups is 1. The summed E-state index contributed by atoms with van der Waals surface area (Å²) in [6, 6.07) is 0. The summed E-state index contributed by atoms with van der Waals surface area (Å²) in [6.07, 6.45) is 5.89. The molecule has 3 rings (SSSR count). The van der Waals surface area contributed by atoms with Gasteiger partial charge in [0.05, 0.1) is 5.01 Å². The highest BCUT2D eigenvalue weighted by molar-refractivity contribution is 7.09. The van der Waals surface area contributed by atoms with E-state index in [9.17, 15) is 4.79 Å². The molecule has 0 aromatic carbocycles. The van der Waals surface area contributed by atoms with Crippen LogP contribution in [-0.4, -0.2) is 42.1 Å². The van der Waals surface area contributed by atoms with E-state index < -0.39 is 0 Å². The van der Waals surface area contributed by atoms with Crippen LogP contribution in [0.2, 0.25) is 0 Å². The van der Waals surface area contributed by atoms with Crippen LogP contribution < -0.4 is 0 Å². The second-order valence-corrected chi connectivity index (χ2v) is 6.31. The van der Waals surface area contributed by atoms with Crippen LogP contribution >= 0.6 is 11.3 Å². The highest BCUT2D eigenvalue weighted by Crippen LogP contribution is 2.29. The number of carbonyl (C=O) groups excluding carboxylic acids is 1. The van der Waals surface area contributed by atoms with Crippen LogP contribution in [0.1, 0.15) is 36.6 Å². The first-order valence-electron chi connectivity index (χ1n) is 7.10. The molecule has 4 nitrogen and oxygen atoms in total. The summed E-state index contributed by atoms with van der Waals surface area (Å²) < 4.78 is 5.34. The van der Waals surface area contributed by atoms with Crippen LogP contribution in [0.5, 0.6) is 0 Å². The molecule has 0 saturated carbocycles. The van der Waals surface area contributed by atoms with E-state index in [-0.39, 0.29) is 5.92 Å². The number of hydrogen-bond donors (Lipinski definition) is 0. The summed E-state index contributed by atoms with van der Waals surface area (Å²) in [7, 11) is 0. The molecular weight excluding hydrogens is 260 g/mol. The van der Waals surface area contributed by atoms with Crippen molar-refractivity contribution in [3.8, 4) is 0 Å². The Hall–Kier alpha value is -0.940. The van der Waals surface area contributed by atoms with E-state index in [0.717, 1.165) is 52.0 Å². The Bertz CT molecular complexity index is 415. The Balaban J connectivity index is 1.62. The van der Waals surface area contributed by atoms with Gasteiger partial charge in [-0.3, -0.25) is 4.79 Å². The molecule has 2 saturated heterocycles. The number of thiazole rings is 1. The minimum Gasteiger partial charge on any atom is -0.381 e. The average molecular weight is 280 g/mol. The lowest BCUT2D eigenvalue weighted by molar-refractivity contribution is -0.139. The minimum absolute atomic E-state index is 0.184. The maximum Gasteiger partial charge on any atom is 0.225 e. The van der Waals surface area contributed by atoms with E-state index in [1.165, 1.54) is 5.01 Å². The maximum absolute atomic E-state index is 12.5. The third-order valence-electron chi connectivity index (χ3n) is 4.10. The molecule has 1 atom stereocenters. The summed E-state index contributed by atoms with van der Waals surface area (Å²) in [4.78, 5) is 19.0. The van der Waals surface area contributed by atoms with Crippen molar-refractivity contribution >= 4 is 17.2 Å². The van der Waals surface area contributed by atoms with Crippen molar-refractivity contribution in [2.24, 2.45) is 5.92 Å². The molecule has 104 valence electrons. The number of amides is 1. The molecule has 2 aliphatic heterocycles. The molecule has 0 spiro atoms. The van der Waals surface area contributed by atoms with Crippen molar-refractivity contribution < 1.29 is 9.53 Å². The largest absolute Gasteiger partial charge is 0.381 e. The molecular formula is C14H20N2O2S. The monoisotopic (exact) mass is 280 g/mol. The average Bonchev–Trinajstić information content (AvgIpc) is 3.02. The van der Waals surface area contributed by atoms with Crippen LogP contribution in [-0.2, 0) is 9.53 Å². The van der Waals surface area contributed by atoms with E-state index in [0.29, 0.717) is 11.8 Å². The first kappa shape index (κ1) is 13.1. The highest BCUT2D eigenvalue weighted by Gasteiger charge is 2.31. The van der Waals surface area contributed by atoms with Gasteiger partial charge in [0.1, 0.15) is 0 Å². The number of nitrogens with zero attached hydrogens (tertiary/aromatic N) is 2. The second kappa shape index (κ2) is 6.01. The van der Waals surface area contributed by atoms with Crippen molar-refractivity contribution in [1.82, 2.24) is 9.88 Å². The smallest absolute Gasteiger partial charge is 0.225 e. The molecule has 3 heterocycles. The lowest BCUT2D eigenvalue weighted by Gasteiger charge is -2.35. The molecule has 1 amide bonds. The van der Waals surface area contributed by atoms with Crippen molar-refractivity contribution in [3.63, 3.8) is 0 Å². The molecule has 1 aromatic heterocycles. The van der Waals surface area contributed by atoms with Gasteiger partial charge in [0, 0.05) is 49.7 Å². The number of likely N-dealkylation sites (tertiary alicyclic amines) is 1. The first-order valence-corrected chi connectivity index (χ1v) is 7.98. The minimum atomic E-state index is 0.184. The molecule has 5 heteroatoms. The normalized spacial score (nSPS) is 25.5. The first-order chi connectivity index (χ1) is 9.34. The highest BCUT2D eigenvalue weighted by atomic mass is 32.1.